The van der Waals surface area contributed by atoms with E-state index < -0.39 is 0 Å². The Balaban J connectivity index is 3.33. The van der Waals surface area contributed by atoms with Gasteiger partial charge >= 0.3 is 0 Å². The lowest BCUT2D eigenvalue weighted by Crippen LogP contribution is -2.30. The van der Waals surface area contributed by atoms with Crippen LogP contribution in [0.2, 0.25) is 0 Å². The molecule has 0 rings (SSSR count). The third-order valence-electron chi connectivity index (χ3n) is 4.21. The maximum Gasteiger partial charge on any atom is 0.222 e. The van der Waals surface area contributed by atoms with Gasteiger partial charge in [-0.25, -0.2) is 0 Å². The fraction of sp³-hybridized carbons (Fsp3) is 0.773. The molecule has 0 aromatic heterocycles. The van der Waals surface area contributed by atoms with Crippen molar-refractivity contribution < 1.29 is 42.9 Å². The second kappa shape index (κ2) is 24.5. The second-order valence-corrected chi connectivity index (χ2v) is 7.07. The van der Waals surface area contributed by atoms with E-state index in [1.165, 1.54) is 0 Å². The van der Waals surface area contributed by atoms with Gasteiger partial charge in [-0.1, -0.05) is 6.92 Å². The Morgan fingerprint density at radius 3 is 1.40 bits per heavy atom. The molecule has 0 bridgehead atoms. The number of nitrogens with one attached hydrogen (secondary N) is 4. The summed E-state index contributed by atoms with van der Waals surface area (Å²) in [5.41, 5.74) is 0. The number of hydrogen-bond acceptors (Lipinski definition) is 9. The van der Waals surface area contributed by atoms with E-state index in [4.69, 9.17) is 18.9 Å². The van der Waals surface area contributed by atoms with Crippen LogP contribution >= 0.6 is 0 Å². The standard InChI is InChI=1S/C22H40N4O9/c1-2-19(28)24-7-12-33-16-15-32-11-5-22(31)26-9-14-35-18-17-34-13-8-25-21(30)4-3-20(29)23-6-10-27/h10H,2-9,11-18H2,1H3,(H,23,29)(H,24,28)(H,25,30)(H,26,31). The summed E-state index contributed by atoms with van der Waals surface area (Å²) < 4.78 is 21.3. The molecule has 4 N–H and O–H groups in total. The summed E-state index contributed by atoms with van der Waals surface area (Å²) in [6.07, 6.45) is 1.33. The monoisotopic (exact) mass is 504 g/mol. The molecule has 0 spiro atoms. The van der Waals surface area contributed by atoms with Gasteiger partial charge in [0.05, 0.1) is 59.4 Å². The zero-order valence-corrected chi connectivity index (χ0v) is 20.6. The van der Waals surface area contributed by atoms with Crippen molar-refractivity contribution in [1.82, 2.24) is 21.3 Å². The van der Waals surface area contributed by atoms with Crippen LogP contribution in [0.1, 0.15) is 32.6 Å². The van der Waals surface area contributed by atoms with E-state index in [2.05, 4.69) is 21.3 Å². The number of aldehydes is 1. The molecule has 0 radical (unpaired) electrons. The lowest BCUT2D eigenvalue weighted by molar-refractivity contribution is -0.126. The maximum atomic E-state index is 11.7. The SMILES string of the molecule is CCC(=O)NCCOCCOCCC(=O)NCCOCCOCCNC(=O)CCC(=O)NCC=O. The van der Waals surface area contributed by atoms with Gasteiger partial charge in [0.1, 0.15) is 6.29 Å². The molecular formula is C22H40N4O9. The lowest BCUT2D eigenvalue weighted by Gasteiger charge is -2.09. The predicted octanol–water partition coefficient (Wildman–Crippen LogP) is -1.70. The highest BCUT2D eigenvalue weighted by atomic mass is 16.5. The molecule has 0 aromatic rings. The minimum Gasteiger partial charge on any atom is -0.379 e. The average molecular weight is 505 g/mol. The van der Waals surface area contributed by atoms with Gasteiger partial charge in [-0.3, -0.25) is 19.2 Å². The zero-order chi connectivity index (χ0) is 26.0. The molecule has 4 amide bonds. The molecule has 13 heteroatoms. The Morgan fingerprint density at radius 1 is 0.543 bits per heavy atom. The smallest absolute Gasteiger partial charge is 0.222 e. The lowest BCUT2D eigenvalue weighted by atomic mass is 10.3. The first-order valence-electron chi connectivity index (χ1n) is 11.8. The van der Waals surface area contributed by atoms with E-state index in [9.17, 15) is 24.0 Å². The number of rotatable bonds is 24. The van der Waals surface area contributed by atoms with E-state index in [1.54, 1.807) is 6.92 Å². The van der Waals surface area contributed by atoms with Gasteiger partial charge in [0.2, 0.25) is 23.6 Å². The van der Waals surface area contributed by atoms with Crippen LogP contribution in [0.25, 0.3) is 0 Å². The molecule has 0 aliphatic carbocycles. The Bertz CT molecular complexity index is 605. The molecule has 35 heavy (non-hydrogen) atoms. The maximum absolute atomic E-state index is 11.7. The van der Waals surface area contributed by atoms with Crippen molar-refractivity contribution in [3.63, 3.8) is 0 Å². The highest BCUT2D eigenvalue weighted by Gasteiger charge is 2.06. The fourth-order valence-electron chi connectivity index (χ4n) is 2.37. The minimum atomic E-state index is -0.349. The first-order chi connectivity index (χ1) is 17.0. The van der Waals surface area contributed by atoms with E-state index in [1.807, 2.05) is 0 Å². The van der Waals surface area contributed by atoms with Crippen LogP contribution in [0.3, 0.4) is 0 Å². The number of carbonyl (C=O) groups is 5. The van der Waals surface area contributed by atoms with Crippen LogP contribution in [0.15, 0.2) is 0 Å². The summed E-state index contributed by atoms with van der Waals surface area (Å²) >= 11 is 0. The first kappa shape index (κ1) is 32.4. The van der Waals surface area contributed by atoms with Crippen LogP contribution in [0.5, 0.6) is 0 Å². The largest absolute Gasteiger partial charge is 0.379 e. The summed E-state index contributed by atoms with van der Waals surface area (Å²) in [6.45, 7) is 5.73. The van der Waals surface area contributed by atoms with Gasteiger partial charge < -0.3 is 45.0 Å². The molecule has 0 aliphatic heterocycles. The molecular weight excluding hydrogens is 464 g/mol. The van der Waals surface area contributed by atoms with Crippen molar-refractivity contribution in [1.29, 1.82) is 0 Å². The molecule has 0 unspecified atom stereocenters. The molecule has 202 valence electrons. The van der Waals surface area contributed by atoms with Gasteiger partial charge in [-0.2, -0.15) is 0 Å². The average Bonchev–Trinajstić information content (AvgIpc) is 2.85. The third-order valence-corrected chi connectivity index (χ3v) is 4.21. The Kier molecular flexibility index (Phi) is 22.7. The van der Waals surface area contributed by atoms with E-state index in [0.717, 1.165) is 0 Å². The van der Waals surface area contributed by atoms with Crippen molar-refractivity contribution in [3.8, 4) is 0 Å². The van der Waals surface area contributed by atoms with Gasteiger partial charge in [0.25, 0.3) is 0 Å². The van der Waals surface area contributed by atoms with Crippen LogP contribution < -0.4 is 21.3 Å². The topological polar surface area (TPSA) is 170 Å². The van der Waals surface area contributed by atoms with Crippen molar-refractivity contribution >= 4 is 29.9 Å². The van der Waals surface area contributed by atoms with Crippen molar-refractivity contribution in [3.05, 3.63) is 0 Å². The predicted molar refractivity (Wildman–Crippen MR) is 126 cm³/mol. The van der Waals surface area contributed by atoms with Crippen molar-refractivity contribution in [2.45, 2.75) is 32.6 Å². The normalized spacial score (nSPS) is 10.4. The Labute approximate surface area is 206 Å². The van der Waals surface area contributed by atoms with Crippen LogP contribution in [0.4, 0.5) is 0 Å². The van der Waals surface area contributed by atoms with E-state index in [0.29, 0.717) is 85.2 Å². The van der Waals surface area contributed by atoms with Crippen molar-refractivity contribution in [2.24, 2.45) is 0 Å². The van der Waals surface area contributed by atoms with Gasteiger partial charge in [0.15, 0.2) is 0 Å². The molecule has 0 heterocycles. The molecule has 0 aromatic carbocycles. The third kappa shape index (κ3) is 24.3. The summed E-state index contributed by atoms with van der Waals surface area (Å²) in [7, 11) is 0. The number of hydrogen-bond donors (Lipinski definition) is 4. The zero-order valence-electron chi connectivity index (χ0n) is 20.6. The van der Waals surface area contributed by atoms with Gasteiger partial charge in [-0.05, 0) is 0 Å². The van der Waals surface area contributed by atoms with Crippen LogP contribution in [-0.2, 0) is 42.9 Å². The van der Waals surface area contributed by atoms with Crippen LogP contribution in [0, 0.1) is 0 Å². The number of ether oxygens (including phenoxy) is 4. The molecule has 0 aliphatic rings. The molecule has 0 saturated heterocycles. The number of carbonyl (C=O) groups excluding carboxylic acids is 5. The first-order valence-corrected chi connectivity index (χ1v) is 11.8. The van der Waals surface area contributed by atoms with E-state index >= 15 is 0 Å². The van der Waals surface area contributed by atoms with Gasteiger partial charge in [-0.15, -0.1) is 0 Å². The fourth-order valence-corrected chi connectivity index (χ4v) is 2.37. The molecule has 0 fully saturated rings. The van der Waals surface area contributed by atoms with Crippen LogP contribution in [-0.4, -0.2) is 109 Å². The summed E-state index contributed by atoms with van der Waals surface area (Å²) in [5, 5.41) is 10.4. The molecule has 0 saturated carbocycles. The molecule has 0 atom stereocenters. The quantitative estimate of drug-likeness (QED) is 0.0883. The van der Waals surface area contributed by atoms with Crippen molar-refractivity contribution in [2.75, 3.05) is 79.0 Å². The molecule has 13 nitrogen and oxygen atoms in total. The van der Waals surface area contributed by atoms with E-state index in [-0.39, 0.29) is 49.4 Å². The second-order valence-electron chi connectivity index (χ2n) is 7.07. The summed E-state index contributed by atoms with van der Waals surface area (Å²) in [5.74, 6) is -0.763. The minimum absolute atomic E-state index is 0.0114. The highest BCUT2D eigenvalue weighted by molar-refractivity contribution is 5.84. The Morgan fingerprint density at radius 2 is 0.943 bits per heavy atom. The number of amides is 4. The summed E-state index contributed by atoms with van der Waals surface area (Å²) in [4.78, 5) is 55.7. The summed E-state index contributed by atoms with van der Waals surface area (Å²) in [6, 6.07) is 0. The highest BCUT2D eigenvalue weighted by Crippen LogP contribution is 1.89. The Hall–Kier alpha value is -2.61. The van der Waals surface area contributed by atoms with Gasteiger partial charge in [0, 0.05) is 45.3 Å².